The summed E-state index contributed by atoms with van der Waals surface area (Å²) < 4.78 is 56.1. The van der Waals surface area contributed by atoms with Crippen LogP contribution in [0.4, 0.5) is 0 Å². The average Bonchev–Trinajstić information content (AvgIpc) is 3.49. The second kappa shape index (κ2) is 16.3. The summed E-state index contributed by atoms with van der Waals surface area (Å²) in [7, 11) is -7.98. The van der Waals surface area contributed by atoms with Crippen LogP contribution in [0.25, 0.3) is 22.5 Å². The van der Waals surface area contributed by atoms with Gasteiger partial charge in [-0.15, -0.1) is 0 Å². The molecule has 5 aromatic rings. The van der Waals surface area contributed by atoms with Crippen molar-refractivity contribution in [2.75, 3.05) is 0 Å². The molecule has 9 nitrogen and oxygen atoms in total. The number of rotatable bonds is 9. The number of nitrogens with zero attached hydrogens (tertiary/aromatic N) is 3. The van der Waals surface area contributed by atoms with Gasteiger partial charge in [0, 0.05) is 54.1 Å². The standard InChI is InChI=1S/C26H17NO6S2.C18H26N2/c28-25-19-5-1-3-7-21(19)34(30,31)23(25)11-9-17(18-13-15-27-16-14-18)10-12-24-26(29)20-6-2-4-8-22(20)35(24,32)33;1-15(2)13-19-9-5-17(6-10-19)18-7-11-20(12-8-18)14-16(3)4/h1-16,28H;5-12,15-16H,13-14H2,1-4H3/q;+2/p-1. The zero-order valence-electron chi connectivity index (χ0n) is 31.0. The highest BCUT2D eigenvalue weighted by Crippen LogP contribution is 2.38. The maximum absolute atomic E-state index is 12.9. The second-order valence-electron chi connectivity index (χ2n) is 14.1. The van der Waals surface area contributed by atoms with Gasteiger partial charge in [0.25, 0.3) is 0 Å². The SMILES string of the molecule is CC(C)C[n+]1ccc(-c2cc[n+](CC(C)C)cc2)cc1.O=C1C(=CC=C(C=CC2=C([O-])c3ccccc3S2(=O)=O)c2ccncc2)S(=O)(=O)c2ccccc21. The van der Waals surface area contributed by atoms with Crippen molar-refractivity contribution in [3.63, 3.8) is 0 Å². The molecule has 0 spiro atoms. The Labute approximate surface area is 322 Å². The van der Waals surface area contributed by atoms with E-state index >= 15 is 0 Å². The van der Waals surface area contributed by atoms with Crippen LogP contribution < -0.4 is 14.2 Å². The average molecular weight is 773 g/mol. The third-order valence-electron chi connectivity index (χ3n) is 8.98. The number of hydrogen-bond acceptors (Lipinski definition) is 7. The zero-order chi connectivity index (χ0) is 39.3. The number of ketones is 1. The topological polar surface area (TPSA) is 129 Å². The zero-order valence-corrected chi connectivity index (χ0v) is 32.7. The van der Waals surface area contributed by atoms with Gasteiger partial charge in [-0.1, -0.05) is 75.9 Å². The molecule has 3 aromatic heterocycles. The van der Waals surface area contributed by atoms with Gasteiger partial charge in [-0.3, -0.25) is 9.78 Å². The lowest BCUT2D eigenvalue weighted by Crippen LogP contribution is -2.35. The van der Waals surface area contributed by atoms with E-state index < -0.39 is 31.2 Å². The second-order valence-corrected chi connectivity index (χ2v) is 17.9. The Morgan fingerprint density at radius 1 is 0.691 bits per heavy atom. The summed E-state index contributed by atoms with van der Waals surface area (Å²) in [4.78, 5) is 15.8. The number of sulfone groups is 2. The molecule has 0 atom stereocenters. The molecule has 0 amide bonds. The van der Waals surface area contributed by atoms with Gasteiger partial charge in [-0.2, -0.15) is 0 Å². The summed E-state index contributed by atoms with van der Waals surface area (Å²) in [6, 6.07) is 24.0. The van der Waals surface area contributed by atoms with E-state index in [9.17, 15) is 26.7 Å². The molecule has 0 bridgehead atoms. The molecule has 5 heterocycles. The van der Waals surface area contributed by atoms with Crippen LogP contribution in [0.2, 0.25) is 0 Å². The van der Waals surface area contributed by atoms with E-state index in [-0.39, 0.29) is 30.7 Å². The lowest BCUT2D eigenvalue weighted by atomic mass is 10.1. The molecular formula is C44H42N3O6S2+. The third-order valence-corrected chi connectivity index (χ3v) is 12.6. The minimum absolute atomic E-state index is 0.0541. The maximum Gasteiger partial charge on any atom is 0.211 e. The minimum Gasteiger partial charge on any atom is -0.871 e. The normalized spacial score (nSPS) is 16.4. The quantitative estimate of drug-likeness (QED) is 0.0973. The van der Waals surface area contributed by atoms with Crippen molar-refractivity contribution < 1.29 is 35.9 Å². The first-order valence-electron chi connectivity index (χ1n) is 17.9. The molecule has 0 N–H and O–H groups in total. The van der Waals surface area contributed by atoms with Crippen LogP contribution in [-0.2, 0) is 32.8 Å². The fraction of sp³-hybridized carbons (Fsp3) is 0.182. The number of aromatic nitrogens is 3. The highest BCUT2D eigenvalue weighted by atomic mass is 32.2. The van der Waals surface area contributed by atoms with Crippen LogP contribution in [-0.4, -0.2) is 27.6 Å². The summed E-state index contributed by atoms with van der Waals surface area (Å²) in [6.07, 6.45) is 16.9. The number of fused-ring (bicyclic) bond motifs is 2. The van der Waals surface area contributed by atoms with E-state index in [1.165, 1.54) is 72.1 Å². The van der Waals surface area contributed by atoms with Crippen molar-refractivity contribution in [3.05, 3.63) is 173 Å². The first-order chi connectivity index (χ1) is 26.3. The van der Waals surface area contributed by atoms with Gasteiger partial charge >= 0.3 is 0 Å². The monoisotopic (exact) mass is 772 g/mol. The molecule has 55 heavy (non-hydrogen) atoms. The van der Waals surface area contributed by atoms with Crippen LogP contribution in [0.3, 0.4) is 0 Å². The molecule has 0 fully saturated rings. The van der Waals surface area contributed by atoms with Crippen LogP contribution >= 0.6 is 0 Å². The van der Waals surface area contributed by atoms with Crippen molar-refractivity contribution >= 4 is 36.8 Å². The summed E-state index contributed by atoms with van der Waals surface area (Å²) in [5, 5.41) is 12.7. The summed E-state index contributed by atoms with van der Waals surface area (Å²) >= 11 is 0. The van der Waals surface area contributed by atoms with Gasteiger partial charge in [-0.25, -0.2) is 26.0 Å². The smallest absolute Gasteiger partial charge is 0.211 e. The first-order valence-corrected chi connectivity index (χ1v) is 20.9. The largest absolute Gasteiger partial charge is 0.871 e. The van der Waals surface area contributed by atoms with Crippen LogP contribution in [0.15, 0.2) is 166 Å². The van der Waals surface area contributed by atoms with Crippen molar-refractivity contribution in [1.29, 1.82) is 0 Å². The van der Waals surface area contributed by atoms with Crippen molar-refractivity contribution in [1.82, 2.24) is 4.98 Å². The summed E-state index contributed by atoms with van der Waals surface area (Å²) in [5.41, 5.74) is 3.72. The molecule has 7 rings (SSSR count). The molecule has 2 aliphatic heterocycles. The minimum atomic E-state index is -3.99. The van der Waals surface area contributed by atoms with Crippen LogP contribution in [0, 0.1) is 11.8 Å². The van der Waals surface area contributed by atoms with E-state index in [0.717, 1.165) is 13.1 Å². The number of benzene rings is 2. The molecule has 0 saturated heterocycles. The Hall–Kier alpha value is -5.78. The molecule has 11 heteroatoms. The predicted octanol–water partition coefficient (Wildman–Crippen LogP) is 6.33. The Kier molecular flexibility index (Phi) is 11.5. The Balaban J connectivity index is 0.000000219. The highest BCUT2D eigenvalue weighted by molar-refractivity contribution is 7.97. The third kappa shape index (κ3) is 8.48. The molecule has 280 valence electrons. The van der Waals surface area contributed by atoms with Gasteiger partial charge < -0.3 is 5.11 Å². The number of allylic oxidation sites excluding steroid dienone is 6. The molecule has 0 radical (unpaired) electrons. The van der Waals surface area contributed by atoms with E-state index in [0.29, 0.717) is 23.0 Å². The molecular weight excluding hydrogens is 731 g/mol. The van der Waals surface area contributed by atoms with Crippen LogP contribution in [0.5, 0.6) is 0 Å². The van der Waals surface area contributed by atoms with E-state index in [2.05, 4.69) is 90.9 Å². The number of carbonyl (C=O) groups is 1. The molecule has 0 unspecified atom stereocenters. The number of Topliss-reactive ketones (excluding diaryl/α,β-unsaturated/α-hetero) is 1. The Bertz CT molecular complexity index is 2520. The summed E-state index contributed by atoms with van der Waals surface area (Å²) in [6.45, 7) is 11.1. The van der Waals surface area contributed by atoms with Crippen molar-refractivity contribution in [2.24, 2.45) is 11.8 Å². The molecule has 2 aliphatic rings. The van der Waals surface area contributed by atoms with Crippen molar-refractivity contribution in [2.45, 2.75) is 50.6 Å². The lowest BCUT2D eigenvalue weighted by molar-refractivity contribution is -0.702. The molecule has 2 aromatic carbocycles. The Morgan fingerprint density at radius 2 is 1.18 bits per heavy atom. The van der Waals surface area contributed by atoms with Gasteiger partial charge in [0.1, 0.15) is 4.91 Å². The van der Waals surface area contributed by atoms with E-state index in [1.807, 2.05) is 0 Å². The van der Waals surface area contributed by atoms with Gasteiger partial charge in [0.15, 0.2) is 37.9 Å². The van der Waals surface area contributed by atoms with Gasteiger partial charge in [0.05, 0.1) is 14.7 Å². The predicted molar refractivity (Wildman–Crippen MR) is 210 cm³/mol. The van der Waals surface area contributed by atoms with E-state index in [4.69, 9.17) is 0 Å². The molecule has 0 saturated carbocycles. The van der Waals surface area contributed by atoms with E-state index in [1.54, 1.807) is 36.4 Å². The number of carbonyl (C=O) groups excluding carboxylic acids is 1. The van der Waals surface area contributed by atoms with Crippen LogP contribution in [0.1, 0.15) is 49.2 Å². The Morgan fingerprint density at radius 3 is 1.67 bits per heavy atom. The fourth-order valence-electron chi connectivity index (χ4n) is 6.36. The lowest BCUT2D eigenvalue weighted by Gasteiger charge is -2.08. The van der Waals surface area contributed by atoms with Gasteiger partial charge in [-0.05, 0) is 70.3 Å². The van der Waals surface area contributed by atoms with Gasteiger partial charge in [0.2, 0.25) is 25.5 Å². The fourth-order valence-corrected chi connectivity index (χ4v) is 9.46. The molecule has 0 aliphatic carbocycles. The number of hydrogen-bond donors (Lipinski definition) is 0. The summed E-state index contributed by atoms with van der Waals surface area (Å²) in [5.74, 6) is 0.122. The maximum atomic E-state index is 12.9. The highest BCUT2D eigenvalue weighted by Gasteiger charge is 2.38. The first kappa shape index (κ1) is 38.9. The number of pyridine rings is 3. The van der Waals surface area contributed by atoms with Crippen molar-refractivity contribution in [3.8, 4) is 11.1 Å².